The average Bonchev–Trinajstić information content (AvgIpc) is 2.93. The molecule has 0 aromatic heterocycles. The van der Waals surface area contributed by atoms with Gasteiger partial charge in [0.25, 0.3) is 0 Å². The molecule has 2 fully saturated rings. The maximum Gasteiger partial charge on any atom is 2.00 e. The molecule has 14 nitrogen and oxygen atoms in total. The van der Waals surface area contributed by atoms with Gasteiger partial charge in [0, 0.05) is 68.5 Å². The molecular formula is C28H56F6N8O6S2Zn. The van der Waals surface area contributed by atoms with Crippen LogP contribution in [-0.2, 0) is 39.7 Å². The molecule has 2 rings (SSSR count). The van der Waals surface area contributed by atoms with E-state index in [4.69, 9.17) is 35.9 Å². The quantitative estimate of drug-likeness (QED) is 0.102. The first-order chi connectivity index (χ1) is 22.4. The van der Waals surface area contributed by atoms with Crippen LogP contribution in [0.15, 0.2) is 9.98 Å². The Labute approximate surface area is 313 Å². The number of rotatable bonds is 4. The minimum Gasteiger partial charge on any atom is -0.741 e. The molecule has 2 aliphatic carbocycles. The molecule has 0 amide bonds. The van der Waals surface area contributed by atoms with Gasteiger partial charge in [0.2, 0.25) is 0 Å². The van der Waals surface area contributed by atoms with E-state index in [0.29, 0.717) is 24.2 Å². The van der Waals surface area contributed by atoms with E-state index < -0.39 is 31.3 Å². The van der Waals surface area contributed by atoms with E-state index in [-0.39, 0.29) is 19.5 Å². The third-order valence-electron chi connectivity index (χ3n) is 7.44. The molecule has 0 saturated heterocycles. The Morgan fingerprint density at radius 3 is 0.863 bits per heavy atom. The Balaban J connectivity index is -0.000000636. The number of aliphatic imine (C=N–C) groups is 2. The second kappa shape index (κ2) is 23.3. The second-order valence-electron chi connectivity index (χ2n) is 13.0. The van der Waals surface area contributed by atoms with Gasteiger partial charge in [-0.25, -0.2) is 26.8 Å². The largest absolute Gasteiger partial charge is 2.00 e. The van der Waals surface area contributed by atoms with E-state index >= 15 is 0 Å². The molecule has 4 atom stereocenters. The number of guanidine groups is 2. The van der Waals surface area contributed by atoms with Crippen LogP contribution in [0.3, 0.4) is 0 Å². The molecule has 300 valence electrons. The summed E-state index contributed by atoms with van der Waals surface area (Å²) in [5, 5.41) is 0. The first-order valence-electron chi connectivity index (χ1n) is 15.6. The van der Waals surface area contributed by atoms with Crippen LogP contribution in [0, 0.1) is 0 Å². The number of hydrogen-bond acceptors (Lipinski definition) is 10. The van der Waals surface area contributed by atoms with Gasteiger partial charge in [-0.1, -0.05) is 25.7 Å². The fraction of sp³-hybridized carbons (Fsp3) is 0.929. The standard InChI is InChI=1S/2C13H28N4.2CHF3O3S.Zn/c2*1-15(2)12-10-8-7-9-11(12)14-13(16(3)4)17(5)6;2*2-1(3,4)8(5,6)7;/h2*11-12H,7-10H2,1-6H3;2*(H,5,6,7);/q;;;;+2/p-2/t2*11-,12-;;;/m11.../s1. The molecule has 0 aromatic carbocycles. The Bertz CT molecular complexity index is 1150. The number of alkyl halides is 6. The van der Waals surface area contributed by atoms with Gasteiger partial charge in [0.1, 0.15) is 0 Å². The monoisotopic (exact) mass is 842 g/mol. The van der Waals surface area contributed by atoms with Gasteiger partial charge in [0.15, 0.2) is 32.2 Å². The molecule has 0 radical (unpaired) electrons. The summed E-state index contributed by atoms with van der Waals surface area (Å²) in [7, 11) is 13.0. The minimum atomic E-state index is -6.09. The van der Waals surface area contributed by atoms with Crippen molar-refractivity contribution in [2.24, 2.45) is 9.98 Å². The molecule has 0 bridgehead atoms. The van der Waals surface area contributed by atoms with Crippen LogP contribution in [0.5, 0.6) is 0 Å². The van der Waals surface area contributed by atoms with Gasteiger partial charge >= 0.3 is 30.5 Å². The van der Waals surface area contributed by atoms with Crippen molar-refractivity contribution in [1.29, 1.82) is 0 Å². The van der Waals surface area contributed by atoms with E-state index in [0.717, 1.165) is 11.9 Å². The summed E-state index contributed by atoms with van der Waals surface area (Å²) in [6, 6.07) is 2.08. The van der Waals surface area contributed by atoms with Crippen molar-refractivity contribution in [1.82, 2.24) is 29.4 Å². The summed E-state index contributed by atoms with van der Waals surface area (Å²) < 4.78 is 118. The summed E-state index contributed by atoms with van der Waals surface area (Å²) in [5.74, 6) is 2.15. The average molecular weight is 844 g/mol. The van der Waals surface area contributed by atoms with Crippen molar-refractivity contribution < 1.29 is 71.8 Å². The maximum atomic E-state index is 10.7. The van der Waals surface area contributed by atoms with Gasteiger partial charge < -0.3 is 38.5 Å². The predicted octanol–water partition coefficient (Wildman–Crippen LogP) is 2.78. The predicted molar refractivity (Wildman–Crippen MR) is 181 cm³/mol. The van der Waals surface area contributed by atoms with Gasteiger partial charge in [-0.3, -0.25) is 0 Å². The molecule has 0 heterocycles. The normalized spacial score (nSPS) is 20.8. The number of halogens is 6. The van der Waals surface area contributed by atoms with Crippen molar-refractivity contribution in [2.45, 2.75) is 86.6 Å². The van der Waals surface area contributed by atoms with Gasteiger partial charge in [0.05, 0.1) is 12.1 Å². The number of hydrogen-bond donors (Lipinski definition) is 0. The van der Waals surface area contributed by atoms with Crippen LogP contribution in [0.4, 0.5) is 26.3 Å². The molecule has 0 spiro atoms. The summed E-state index contributed by atoms with van der Waals surface area (Å²) in [6.45, 7) is 0. The van der Waals surface area contributed by atoms with Crippen LogP contribution in [0.2, 0.25) is 0 Å². The van der Waals surface area contributed by atoms with E-state index in [1.165, 1.54) is 51.4 Å². The fourth-order valence-electron chi connectivity index (χ4n) is 5.25. The summed E-state index contributed by atoms with van der Waals surface area (Å²) in [6.07, 6.45) is 10.3. The SMILES string of the molecule is CN(C)C(=N[C@@H]1CCCC[C@H]1N(C)C)N(C)C.CN(C)C(=N[C@@H]1CCCC[C@H]1N(C)C)N(C)C.O=S(=O)([O-])C(F)(F)F.O=S(=O)([O-])C(F)(F)F.[Zn+2]. The Hall–Kier alpha value is -1.52. The Morgan fingerprint density at radius 2 is 0.706 bits per heavy atom. The smallest absolute Gasteiger partial charge is 0.741 e. The fourth-order valence-corrected chi connectivity index (χ4v) is 5.25. The van der Waals surface area contributed by atoms with Gasteiger partial charge in [-0.05, 0) is 53.9 Å². The Kier molecular flexibility index (Phi) is 24.6. The maximum absolute atomic E-state index is 10.7. The summed E-state index contributed by atoms with van der Waals surface area (Å²) in [4.78, 5) is 23.0. The number of nitrogens with zero attached hydrogens (tertiary/aromatic N) is 8. The zero-order valence-electron chi connectivity index (χ0n) is 31.8. The van der Waals surface area contributed by atoms with Crippen molar-refractivity contribution in [2.75, 3.05) is 84.6 Å². The molecular weight excluding hydrogens is 788 g/mol. The van der Waals surface area contributed by atoms with E-state index in [1.54, 1.807) is 0 Å². The van der Waals surface area contributed by atoms with Crippen molar-refractivity contribution in [3.05, 3.63) is 0 Å². The van der Waals surface area contributed by atoms with E-state index in [9.17, 15) is 26.3 Å². The third-order valence-corrected chi connectivity index (χ3v) is 8.58. The molecule has 0 aromatic rings. The van der Waals surface area contributed by atoms with E-state index in [2.05, 4.69) is 114 Å². The van der Waals surface area contributed by atoms with Crippen molar-refractivity contribution >= 4 is 32.2 Å². The molecule has 23 heteroatoms. The van der Waals surface area contributed by atoms with Crippen molar-refractivity contribution in [3.8, 4) is 0 Å². The summed E-state index contributed by atoms with van der Waals surface area (Å²) >= 11 is 0. The summed E-state index contributed by atoms with van der Waals surface area (Å²) in [5.41, 5.74) is -11.3. The molecule has 2 saturated carbocycles. The van der Waals surface area contributed by atoms with Gasteiger partial charge in [-0.15, -0.1) is 0 Å². The minimum absolute atomic E-state index is 0. The molecule has 51 heavy (non-hydrogen) atoms. The number of likely N-dealkylation sites (N-methyl/N-ethyl adjacent to an activating group) is 2. The second-order valence-corrected chi connectivity index (χ2v) is 15.7. The van der Waals surface area contributed by atoms with Crippen LogP contribution in [0.1, 0.15) is 51.4 Å². The Morgan fingerprint density at radius 1 is 0.510 bits per heavy atom. The topological polar surface area (TPSA) is 159 Å². The molecule has 2 aliphatic rings. The van der Waals surface area contributed by atoms with Crippen LogP contribution in [-0.4, -0.2) is 187 Å². The van der Waals surface area contributed by atoms with E-state index in [1.807, 2.05) is 0 Å². The van der Waals surface area contributed by atoms with Crippen LogP contribution >= 0.6 is 0 Å². The van der Waals surface area contributed by atoms with Crippen molar-refractivity contribution in [3.63, 3.8) is 0 Å². The molecule has 0 unspecified atom stereocenters. The third kappa shape index (κ3) is 21.1. The molecule has 0 aliphatic heterocycles. The zero-order valence-corrected chi connectivity index (χ0v) is 36.4. The molecule has 0 N–H and O–H groups in total. The first kappa shape index (κ1) is 53.8. The first-order valence-corrected chi connectivity index (χ1v) is 18.4. The zero-order chi connectivity index (χ0) is 40.0. The van der Waals surface area contributed by atoms with Crippen LogP contribution in [0.25, 0.3) is 0 Å². The van der Waals surface area contributed by atoms with Crippen LogP contribution < -0.4 is 0 Å². The van der Waals surface area contributed by atoms with Gasteiger partial charge in [-0.2, -0.15) is 26.3 Å².